The number of amides is 1. The highest BCUT2D eigenvalue weighted by Gasteiger charge is 2.32. The van der Waals surface area contributed by atoms with Gasteiger partial charge in [0.2, 0.25) is 0 Å². The van der Waals surface area contributed by atoms with Crippen LogP contribution in [0, 0.1) is 0 Å². The molecule has 39 heavy (non-hydrogen) atoms. The van der Waals surface area contributed by atoms with Crippen LogP contribution in [-0.4, -0.2) is 28.3 Å². The van der Waals surface area contributed by atoms with E-state index in [2.05, 4.69) is 4.98 Å². The molecule has 0 saturated heterocycles. The van der Waals surface area contributed by atoms with E-state index in [1.54, 1.807) is 0 Å². The minimum atomic E-state index is -4.61. The van der Waals surface area contributed by atoms with Crippen LogP contribution in [0.2, 0.25) is 5.02 Å². The number of pyridine rings is 1. The molecule has 10 heteroatoms. The van der Waals surface area contributed by atoms with Crippen molar-refractivity contribution in [2.45, 2.75) is 23.5 Å². The van der Waals surface area contributed by atoms with Gasteiger partial charge in [-0.15, -0.1) is 0 Å². The van der Waals surface area contributed by atoms with Gasteiger partial charge in [0.15, 0.2) is 6.29 Å². The third kappa shape index (κ3) is 5.79. The molecule has 0 radical (unpaired) electrons. The second kappa shape index (κ2) is 11.1. The Morgan fingerprint density at radius 2 is 1.69 bits per heavy atom. The smallest absolute Gasteiger partial charge is 0.420 e. The normalized spacial score (nSPS) is 12.5. The van der Waals surface area contributed by atoms with Crippen LogP contribution in [0.15, 0.2) is 90.1 Å². The summed E-state index contributed by atoms with van der Waals surface area (Å²) in [5.41, 5.74) is 3.61. The van der Waals surface area contributed by atoms with E-state index in [-0.39, 0.29) is 35.2 Å². The Morgan fingerprint density at radius 1 is 1.03 bits per heavy atom. The van der Waals surface area contributed by atoms with E-state index in [0.717, 1.165) is 46.3 Å². The number of fused-ring (bicyclic) bond motifs is 3. The molecule has 1 heterocycles. The highest BCUT2D eigenvalue weighted by Crippen LogP contribution is 2.44. The lowest BCUT2D eigenvalue weighted by Gasteiger charge is -2.23. The van der Waals surface area contributed by atoms with E-state index < -0.39 is 17.8 Å². The second-order valence-corrected chi connectivity index (χ2v) is 10.3. The van der Waals surface area contributed by atoms with Gasteiger partial charge in [-0.2, -0.15) is 13.2 Å². The fraction of sp³-hybridized carbons (Fsp3) is 0.138. The van der Waals surface area contributed by atoms with Gasteiger partial charge in [-0.25, -0.2) is 9.10 Å². The molecule has 1 aromatic heterocycles. The second-order valence-electron chi connectivity index (χ2n) is 8.81. The maximum Gasteiger partial charge on any atom is 0.420 e. The maximum absolute atomic E-state index is 13.4. The van der Waals surface area contributed by atoms with Crippen molar-refractivity contribution in [2.75, 3.05) is 6.61 Å². The Balaban J connectivity index is 1.42. The number of rotatable bonds is 7. The van der Waals surface area contributed by atoms with Crippen LogP contribution in [0.4, 0.5) is 18.0 Å². The average Bonchev–Trinajstić information content (AvgIpc) is 3.24. The van der Waals surface area contributed by atoms with Gasteiger partial charge >= 0.3 is 12.3 Å². The first kappa shape index (κ1) is 26.8. The quantitative estimate of drug-likeness (QED) is 0.167. The van der Waals surface area contributed by atoms with Crippen LogP contribution in [0.5, 0.6) is 0 Å². The lowest BCUT2D eigenvalue weighted by Crippen LogP contribution is -2.27. The van der Waals surface area contributed by atoms with Gasteiger partial charge < -0.3 is 4.74 Å². The molecule has 0 aliphatic heterocycles. The lowest BCUT2D eigenvalue weighted by atomic mass is 9.98. The Bertz CT molecular complexity index is 1500. The predicted molar refractivity (Wildman–Crippen MR) is 143 cm³/mol. The summed E-state index contributed by atoms with van der Waals surface area (Å²) in [7, 11) is 0. The molecule has 5 nitrogen and oxygen atoms in total. The van der Waals surface area contributed by atoms with Gasteiger partial charge in [0.25, 0.3) is 0 Å². The Morgan fingerprint density at radius 3 is 2.33 bits per heavy atom. The molecule has 0 unspecified atom stereocenters. The minimum Gasteiger partial charge on any atom is -0.448 e. The van der Waals surface area contributed by atoms with Crippen molar-refractivity contribution in [1.29, 1.82) is 0 Å². The van der Waals surface area contributed by atoms with E-state index in [1.165, 1.54) is 28.8 Å². The van der Waals surface area contributed by atoms with Crippen LogP contribution < -0.4 is 0 Å². The molecular weight excluding hydrogens is 549 g/mol. The summed E-state index contributed by atoms with van der Waals surface area (Å²) < 4.78 is 47.2. The molecule has 0 fully saturated rings. The standard InChI is InChI=1S/C29H20ClF3N2O3S/c30-21-12-18(11-20(13-21)29(31,32)33)15-35(39-27-9-10-34-14-19(27)16-36)28(37)38-17-26-24-7-3-1-5-22(24)23-6-2-4-8-25(23)26/h1-14,16,26H,15,17H2. The highest BCUT2D eigenvalue weighted by molar-refractivity contribution is 7.97. The zero-order chi connectivity index (χ0) is 27.6. The van der Waals surface area contributed by atoms with E-state index >= 15 is 0 Å². The van der Waals surface area contributed by atoms with Crippen molar-refractivity contribution < 1.29 is 27.5 Å². The molecule has 1 aliphatic rings. The number of nitrogens with zero attached hydrogens (tertiary/aromatic N) is 2. The Kier molecular flexibility index (Phi) is 7.63. The number of hydrogen-bond acceptors (Lipinski definition) is 5. The van der Waals surface area contributed by atoms with Crippen molar-refractivity contribution in [3.8, 4) is 11.1 Å². The third-order valence-corrected chi connectivity index (χ3v) is 7.58. The molecule has 1 aliphatic carbocycles. The number of halogens is 4. The average molecular weight is 569 g/mol. The molecule has 5 rings (SSSR count). The summed E-state index contributed by atoms with van der Waals surface area (Å²) in [6.07, 6.45) is -2.01. The molecule has 0 N–H and O–H groups in total. The molecule has 0 atom stereocenters. The SMILES string of the molecule is O=Cc1cnccc1SN(Cc1cc(Cl)cc(C(F)(F)F)c1)C(=O)OCC1c2ccccc2-c2ccccc21. The highest BCUT2D eigenvalue weighted by atomic mass is 35.5. The van der Waals surface area contributed by atoms with Gasteiger partial charge in [-0.1, -0.05) is 60.1 Å². The number of carbonyl (C=O) groups is 2. The van der Waals surface area contributed by atoms with E-state index in [9.17, 15) is 22.8 Å². The van der Waals surface area contributed by atoms with Gasteiger partial charge in [-0.05, 0) is 64.0 Å². The number of aromatic nitrogens is 1. The van der Waals surface area contributed by atoms with Crippen molar-refractivity contribution >= 4 is 35.9 Å². The van der Waals surface area contributed by atoms with Gasteiger partial charge in [0.05, 0.1) is 12.1 Å². The molecular formula is C29H20ClF3N2O3S. The predicted octanol–water partition coefficient (Wildman–Crippen LogP) is 8.02. The molecule has 0 spiro atoms. The van der Waals surface area contributed by atoms with Gasteiger partial charge in [-0.3, -0.25) is 9.78 Å². The molecule has 3 aromatic carbocycles. The fourth-order valence-electron chi connectivity index (χ4n) is 4.56. The van der Waals surface area contributed by atoms with E-state index in [1.807, 2.05) is 48.5 Å². The summed E-state index contributed by atoms with van der Waals surface area (Å²) >= 11 is 6.85. The molecule has 0 bridgehead atoms. The summed E-state index contributed by atoms with van der Waals surface area (Å²) in [6.45, 7) is -0.240. The minimum absolute atomic E-state index is 0.0180. The van der Waals surface area contributed by atoms with Crippen LogP contribution in [0.3, 0.4) is 0 Å². The van der Waals surface area contributed by atoms with Crippen molar-refractivity contribution in [2.24, 2.45) is 0 Å². The van der Waals surface area contributed by atoms with E-state index in [0.29, 0.717) is 11.2 Å². The Labute approximate surface area is 231 Å². The number of aldehydes is 1. The molecule has 1 amide bonds. The maximum atomic E-state index is 13.4. The number of ether oxygens (including phenoxy) is 1. The third-order valence-electron chi connectivity index (χ3n) is 6.30. The van der Waals surface area contributed by atoms with Gasteiger partial charge in [0.1, 0.15) is 6.61 Å². The van der Waals surface area contributed by atoms with Crippen molar-refractivity contribution in [3.05, 3.63) is 118 Å². The molecule has 0 saturated carbocycles. The van der Waals surface area contributed by atoms with Gasteiger partial charge in [0, 0.05) is 33.8 Å². The zero-order valence-corrected chi connectivity index (χ0v) is 21.8. The fourth-order valence-corrected chi connectivity index (χ4v) is 5.72. The zero-order valence-electron chi connectivity index (χ0n) is 20.2. The first-order valence-corrected chi connectivity index (χ1v) is 13.0. The topological polar surface area (TPSA) is 59.5 Å². The monoisotopic (exact) mass is 568 g/mol. The number of alkyl halides is 3. The molecule has 4 aromatic rings. The summed E-state index contributed by atoms with van der Waals surface area (Å²) in [5.74, 6) is -0.206. The van der Waals surface area contributed by atoms with Crippen LogP contribution in [0.1, 0.15) is 38.5 Å². The first-order valence-electron chi connectivity index (χ1n) is 11.8. The number of benzene rings is 3. The summed E-state index contributed by atoms with van der Waals surface area (Å²) in [5, 5.41) is -0.116. The Hall–Kier alpha value is -3.82. The first-order chi connectivity index (χ1) is 18.7. The van der Waals surface area contributed by atoms with Crippen LogP contribution in [-0.2, 0) is 17.5 Å². The van der Waals surface area contributed by atoms with E-state index in [4.69, 9.17) is 16.3 Å². The summed E-state index contributed by atoms with van der Waals surface area (Å²) in [6, 6.07) is 20.4. The van der Waals surface area contributed by atoms with Crippen molar-refractivity contribution in [1.82, 2.24) is 9.29 Å². The van der Waals surface area contributed by atoms with Crippen LogP contribution >= 0.6 is 23.5 Å². The van der Waals surface area contributed by atoms with Crippen LogP contribution in [0.25, 0.3) is 11.1 Å². The molecule has 198 valence electrons. The lowest BCUT2D eigenvalue weighted by molar-refractivity contribution is -0.137. The largest absolute Gasteiger partial charge is 0.448 e. The van der Waals surface area contributed by atoms with Crippen molar-refractivity contribution in [3.63, 3.8) is 0 Å². The number of carbonyl (C=O) groups excluding carboxylic acids is 2. The number of hydrogen-bond donors (Lipinski definition) is 0. The summed E-state index contributed by atoms with van der Waals surface area (Å²) in [4.78, 5) is 29.3.